The molecule has 1 aromatic carbocycles. The van der Waals surface area contributed by atoms with E-state index in [0.29, 0.717) is 6.04 Å². The van der Waals surface area contributed by atoms with Gasteiger partial charge in [-0.3, -0.25) is 0 Å². The Kier molecular flexibility index (Phi) is 6.09. The minimum Gasteiger partial charge on any atom is -0.310 e. The quantitative estimate of drug-likeness (QED) is 0.692. The maximum Gasteiger partial charge on any atom is 0.123 e. The van der Waals surface area contributed by atoms with Gasteiger partial charge >= 0.3 is 0 Å². The fraction of sp³-hybridized carbons (Fsp3) is 0.571. The Morgan fingerprint density at radius 1 is 1.31 bits per heavy atom. The summed E-state index contributed by atoms with van der Waals surface area (Å²) in [5, 5.41) is 3.42. The van der Waals surface area contributed by atoms with E-state index in [1.165, 1.54) is 31.7 Å². The molecule has 0 heterocycles. The van der Waals surface area contributed by atoms with E-state index in [9.17, 15) is 4.39 Å². The summed E-state index contributed by atoms with van der Waals surface area (Å²) >= 11 is 0. The van der Waals surface area contributed by atoms with Crippen molar-refractivity contribution >= 4 is 0 Å². The Labute approximate surface area is 98.1 Å². The summed E-state index contributed by atoms with van der Waals surface area (Å²) in [7, 11) is 0. The van der Waals surface area contributed by atoms with Gasteiger partial charge in [-0.05, 0) is 31.0 Å². The Bertz CT molecular complexity index is 299. The average Bonchev–Trinajstić information content (AvgIpc) is 2.27. The van der Waals surface area contributed by atoms with Crippen molar-refractivity contribution in [1.82, 2.24) is 5.32 Å². The summed E-state index contributed by atoms with van der Waals surface area (Å²) in [6.45, 7) is 5.16. The molecule has 90 valence electrons. The maximum atomic E-state index is 12.9. The molecule has 1 atom stereocenters. The van der Waals surface area contributed by atoms with Crippen molar-refractivity contribution in [1.29, 1.82) is 0 Å². The van der Waals surface area contributed by atoms with Crippen LogP contribution in [0.4, 0.5) is 4.39 Å². The largest absolute Gasteiger partial charge is 0.310 e. The molecule has 0 aliphatic heterocycles. The van der Waals surface area contributed by atoms with Crippen LogP contribution in [-0.2, 0) is 6.54 Å². The molecule has 0 fully saturated rings. The van der Waals surface area contributed by atoms with Crippen LogP contribution < -0.4 is 5.32 Å². The summed E-state index contributed by atoms with van der Waals surface area (Å²) in [4.78, 5) is 0. The molecule has 16 heavy (non-hydrogen) atoms. The lowest BCUT2D eigenvalue weighted by Crippen LogP contribution is -2.25. The Balaban J connectivity index is 2.23. The number of hydrogen-bond donors (Lipinski definition) is 1. The number of halogens is 1. The van der Waals surface area contributed by atoms with Crippen LogP contribution in [-0.4, -0.2) is 6.04 Å². The number of rotatable bonds is 7. The zero-order valence-corrected chi connectivity index (χ0v) is 10.3. The van der Waals surface area contributed by atoms with E-state index in [0.717, 1.165) is 12.1 Å². The summed E-state index contributed by atoms with van der Waals surface area (Å²) in [5.41, 5.74) is 1.02. The fourth-order valence-corrected chi connectivity index (χ4v) is 1.74. The van der Waals surface area contributed by atoms with Crippen LogP contribution in [0.5, 0.6) is 0 Å². The highest BCUT2D eigenvalue weighted by atomic mass is 19.1. The second-order valence-corrected chi connectivity index (χ2v) is 4.41. The molecule has 1 aromatic rings. The van der Waals surface area contributed by atoms with Crippen molar-refractivity contribution < 1.29 is 4.39 Å². The molecule has 0 aliphatic carbocycles. The van der Waals surface area contributed by atoms with E-state index in [-0.39, 0.29) is 5.82 Å². The van der Waals surface area contributed by atoms with Crippen molar-refractivity contribution in [3.05, 3.63) is 35.6 Å². The molecule has 1 unspecified atom stereocenters. The second-order valence-electron chi connectivity index (χ2n) is 4.41. The van der Waals surface area contributed by atoms with E-state index in [2.05, 4.69) is 19.2 Å². The maximum absolute atomic E-state index is 12.9. The molecule has 1 nitrogen and oxygen atoms in total. The van der Waals surface area contributed by atoms with Crippen molar-refractivity contribution in [2.75, 3.05) is 0 Å². The molecule has 0 spiro atoms. The lowest BCUT2D eigenvalue weighted by molar-refractivity contribution is 0.486. The SMILES string of the molecule is CCCCCC(C)NCc1cccc(F)c1. The van der Waals surface area contributed by atoms with E-state index >= 15 is 0 Å². The molecule has 0 aromatic heterocycles. The molecule has 0 amide bonds. The molecule has 0 saturated carbocycles. The lowest BCUT2D eigenvalue weighted by Gasteiger charge is -2.13. The monoisotopic (exact) mass is 223 g/mol. The number of hydrogen-bond acceptors (Lipinski definition) is 1. The summed E-state index contributed by atoms with van der Waals surface area (Å²) in [6, 6.07) is 7.29. The van der Waals surface area contributed by atoms with Crippen LogP contribution in [0.1, 0.15) is 45.1 Å². The van der Waals surface area contributed by atoms with E-state index < -0.39 is 0 Å². The highest BCUT2D eigenvalue weighted by Crippen LogP contribution is 2.06. The first-order valence-electron chi connectivity index (χ1n) is 6.20. The molecule has 2 heteroatoms. The van der Waals surface area contributed by atoms with Gasteiger partial charge in [-0.1, -0.05) is 38.3 Å². The van der Waals surface area contributed by atoms with Gasteiger partial charge in [0.15, 0.2) is 0 Å². The third kappa shape index (κ3) is 5.26. The molecule has 0 radical (unpaired) electrons. The van der Waals surface area contributed by atoms with Crippen molar-refractivity contribution in [3.63, 3.8) is 0 Å². The molecule has 1 N–H and O–H groups in total. The highest BCUT2D eigenvalue weighted by molar-refractivity contribution is 5.15. The van der Waals surface area contributed by atoms with E-state index in [1.54, 1.807) is 12.1 Å². The van der Waals surface area contributed by atoms with Gasteiger partial charge in [0.1, 0.15) is 5.82 Å². The first-order valence-corrected chi connectivity index (χ1v) is 6.20. The summed E-state index contributed by atoms with van der Waals surface area (Å²) in [6.07, 6.45) is 5.03. The standard InChI is InChI=1S/C14H22FN/c1-3-4-5-7-12(2)16-11-13-8-6-9-14(15)10-13/h6,8-10,12,16H,3-5,7,11H2,1-2H3. The molecule has 1 rings (SSSR count). The predicted molar refractivity (Wildman–Crippen MR) is 66.8 cm³/mol. The zero-order valence-electron chi connectivity index (χ0n) is 10.3. The van der Waals surface area contributed by atoms with E-state index in [4.69, 9.17) is 0 Å². The van der Waals surface area contributed by atoms with Crippen LogP contribution in [0.15, 0.2) is 24.3 Å². The first kappa shape index (κ1) is 13.2. The third-order valence-corrected chi connectivity index (χ3v) is 2.78. The average molecular weight is 223 g/mol. The number of nitrogens with one attached hydrogen (secondary N) is 1. The first-order chi connectivity index (χ1) is 7.72. The molecule has 0 saturated heterocycles. The second kappa shape index (κ2) is 7.39. The number of unbranched alkanes of at least 4 members (excludes halogenated alkanes) is 2. The van der Waals surface area contributed by atoms with Crippen LogP contribution >= 0.6 is 0 Å². The Morgan fingerprint density at radius 3 is 2.81 bits per heavy atom. The van der Waals surface area contributed by atoms with Gasteiger partial charge < -0.3 is 5.32 Å². The molecule has 0 aliphatic rings. The summed E-state index contributed by atoms with van der Waals surface area (Å²) < 4.78 is 12.9. The van der Waals surface area contributed by atoms with E-state index in [1.807, 2.05) is 6.07 Å². The third-order valence-electron chi connectivity index (χ3n) is 2.78. The van der Waals surface area contributed by atoms with Crippen LogP contribution in [0.25, 0.3) is 0 Å². The minimum absolute atomic E-state index is 0.155. The van der Waals surface area contributed by atoms with Gasteiger partial charge in [0, 0.05) is 12.6 Å². The van der Waals surface area contributed by atoms with Crippen molar-refractivity contribution in [3.8, 4) is 0 Å². The predicted octanol–water partition coefficient (Wildman–Crippen LogP) is 3.88. The minimum atomic E-state index is -0.155. The van der Waals surface area contributed by atoms with Crippen molar-refractivity contribution in [2.24, 2.45) is 0 Å². The zero-order chi connectivity index (χ0) is 11.8. The topological polar surface area (TPSA) is 12.0 Å². The summed E-state index contributed by atoms with van der Waals surface area (Å²) in [5.74, 6) is -0.155. The lowest BCUT2D eigenvalue weighted by atomic mass is 10.1. The highest BCUT2D eigenvalue weighted by Gasteiger charge is 2.01. The molecule has 0 bridgehead atoms. The van der Waals surface area contributed by atoms with Crippen LogP contribution in [0.2, 0.25) is 0 Å². The van der Waals surface area contributed by atoms with Gasteiger partial charge in [-0.15, -0.1) is 0 Å². The smallest absolute Gasteiger partial charge is 0.123 e. The Morgan fingerprint density at radius 2 is 2.12 bits per heavy atom. The van der Waals surface area contributed by atoms with Crippen LogP contribution in [0.3, 0.4) is 0 Å². The fourth-order valence-electron chi connectivity index (χ4n) is 1.74. The molecular weight excluding hydrogens is 201 g/mol. The van der Waals surface area contributed by atoms with Crippen molar-refractivity contribution in [2.45, 2.75) is 52.1 Å². The molecular formula is C14H22FN. The Hall–Kier alpha value is -0.890. The van der Waals surface area contributed by atoms with Crippen LogP contribution in [0, 0.1) is 5.82 Å². The van der Waals surface area contributed by atoms with Gasteiger partial charge in [0.25, 0.3) is 0 Å². The van der Waals surface area contributed by atoms with Gasteiger partial charge in [0.2, 0.25) is 0 Å². The van der Waals surface area contributed by atoms with Gasteiger partial charge in [-0.25, -0.2) is 4.39 Å². The normalized spacial score (nSPS) is 12.7. The van der Waals surface area contributed by atoms with Gasteiger partial charge in [-0.2, -0.15) is 0 Å². The van der Waals surface area contributed by atoms with Gasteiger partial charge in [0.05, 0.1) is 0 Å². The number of benzene rings is 1.